The second-order valence-corrected chi connectivity index (χ2v) is 34.8. The minimum Gasteiger partial charge on any atom is 0 e. The Balaban J connectivity index is -0.0000000990. The normalized spacial score (nSPS) is 9.67. The van der Waals surface area contributed by atoms with E-state index >= 15 is 0 Å². The molecule has 0 aliphatic carbocycles. The Morgan fingerprint density at radius 2 is 0.370 bits per heavy atom. The molecule has 2 aromatic rings. The van der Waals surface area contributed by atoms with Crippen LogP contribution in [-0.4, -0.2) is 133 Å². The van der Waals surface area contributed by atoms with Crippen molar-refractivity contribution in [3.63, 3.8) is 0 Å². The van der Waals surface area contributed by atoms with Gasteiger partial charge in [0.1, 0.15) is 0 Å². The van der Waals surface area contributed by atoms with Crippen LogP contribution < -0.4 is 53.0 Å². The molecule has 0 N–H and O–H groups in total. The van der Waals surface area contributed by atoms with E-state index in [1.165, 1.54) is 0 Å². The summed E-state index contributed by atoms with van der Waals surface area (Å²) in [6.07, 6.45) is 0. The summed E-state index contributed by atoms with van der Waals surface area (Å²) in [5.41, 5.74) is 0. The summed E-state index contributed by atoms with van der Waals surface area (Å²) in [4.78, 5) is 0. The summed E-state index contributed by atoms with van der Waals surface area (Å²) in [6.45, 7) is 76.2. The predicted molar refractivity (Wildman–Crippen MR) is 252 cm³/mol. The molecule has 0 aliphatic rings. The monoisotopic (exact) mass is 1010 g/mol. The Hall–Kier alpha value is 2.48. The maximum Gasteiger partial charge on any atom is 0 e. The van der Waals surface area contributed by atoms with Gasteiger partial charge in [-0.05, 0) is 53.3 Å². The zero-order valence-corrected chi connectivity index (χ0v) is 47.0. The summed E-state index contributed by atoms with van der Waals surface area (Å²) >= 11 is 0. The second kappa shape index (κ2) is 42.2. The van der Waals surface area contributed by atoms with Gasteiger partial charge in [0.25, 0.3) is 0 Å². The number of hydrogen-bond acceptors (Lipinski definition) is 0. The van der Waals surface area contributed by atoms with Gasteiger partial charge in [0.2, 0.25) is 0 Å². The van der Waals surface area contributed by atoms with E-state index in [4.69, 9.17) is 27.9 Å². The molecular formula is C36H60Mn2O6P10-2. The molecule has 0 aromatic heterocycles. The molecule has 2 aromatic carbocycles. The molecule has 2 rings (SSSR count). The van der Waals surface area contributed by atoms with E-state index < -0.39 is 0 Å². The Morgan fingerprint density at radius 1 is 0.259 bits per heavy atom. The zero-order chi connectivity index (χ0) is 43.5. The second-order valence-electron chi connectivity index (χ2n) is 12.4. The van der Waals surface area contributed by atoms with Crippen molar-refractivity contribution in [1.29, 1.82) is 0 Å². The van der Waals surface area contributed by atoms with E-state index in [1.54, 1.807) is 0 Å². The van der Waals surface area contributed by atoms with Gasteiger partial charge in [-0.25, -0.2) is 0 Å². The van der Waals surface area contributed by atoms with Crippen LogP contribution in [0, 0.1) is 39.9 Å². The van der Waals surface area contributed by atoms with Gasteiger partial charge in [0.15, 0.2) is 0 Å². The van der Waals surface area contributed by atoms with E-state index in [9.17, 15) is 0 Å². The molecule has 0 saturated carbocycles. The van der Waals surface area contributed by atoms with Gasteiger partial charge in [0.05, 0.1) is 0 Å². The smallest absolute Gasteiger partial charge is 0 e. The molecule has 0 unspecified atom stereocenters. The molecule has 0 bridgehead atoms. The first-order chi connectivity index (χ1) is 24.2. The maximum atomic E-state index is 7.50. The Labute approximate surface area is 364 Å². The van der Waals surface area contributed by atoms with E-state index in [0.717, 1.165) is 0 Å². The minimum absolute atomic E-state index is 0. The first kappa shape index (κ1) is 74.0. The van der Waals surface area contributed by atoms with Crippen molar-refractivity contribution < 1.29 is 62.1 Å². The summed E-state index contributed by atoms with van der Waals surface area (Å²) in [6, 6.07) is 0. The predicted octanol–water partition coefficient (Wildman–Crippen LogP) is 6.25. The molecule has 54 heavy (non-hydrogen) atoms. The van der Waals surface area contributed by atoms with Crippen LogP contribution in [0.25, 0.3) is 0 Å². The van der Waals surface area contributed by atoms with Crippen molar-refractivity contribution in [3.05, 3.63) is 39.9 Å². The minimum atomic E-state index is 0. The fraction of sp³-hybridized carbons (Fsp3) is 0.556. The van der Waals surface area contributed by atoms with Crippen LogP contribution in [0.15, 0.2) is 0 Å². The van der Waals surface area contributed by atoms with Crippen LogP contribution in [0.1, 0.15) is 0 Å². The van der Waals surface area contributed by atoms with E-state index in [1.807, 2.05) is 53.0 Å². The van der Waals surface area contributed by atoms with Gasteiger partial charge in [-0.1, -0.05) is 80.0 Å². The molecular weight excluding hydrogens is 948 g/mol. The average molecular weight is 1010 g/mol. The van der Waals surface area contributed by atoms with Crippen molar-refractivity contribution >= 4 is 132 Å². The van der Waals surface area contributed by atoms with Crippen molar-refractivity contribution in [1.82, 2.24) is 0 Å². The summed E-state index contributed by atoms with van der Waals surface area (Å²) in [7, 11) is 0.0617. The average Bonchev–Trinajstić information content (AvgIpc) is 3.68. The van der Waals surface area contributed by atoms with Crippen LogP contribution >= 0.6 is 79.2 Å². The summed E-state index contributed by atoms with van der Waals surface area (Å²) < 4.78 is 45.0. The van der Waals surface area contributed by atoms with Crippen molar-refractivity contribution in [2.45, 2.75) is 0 Å². The molecule has 0 spiro atoms. The van der Waals surface area contributed by atoms with Crippen LogP contribution in [-0.2, 0) is 62.1 Å². The molecule has 0 aliphatic heterocycles. The molecule has 18 heteroatoms. The molecule has 0 amide bonds. The SMILES string of the molecule is CP(C)c1c(P(C)C)c(P(C)C)[c-](P(C)C)c1P(C)C.CP(C)c1c(P(C)C)c(P(C)C)[c-](P(C)C)c1P(C)C.[C-]#[O+].[C-]#[O+].[C-]#[O+].[C-]#[O+].[C-]#[O+].[C-]#[O+].[Mn].[Mn]. The van der Waals surface area contributed by atoms with Crippen LogP contribution in [0.5, 0.6) is 0 Å². The Bertz CT molecular complexity index is 1020. The van der Waals surface area contributed by atoms with E-state index in [-0.39, 0.29) is 113 Å². The molecule has 0 heterocycles. The standard InChI is InChI=1S/2C15H30P5.6CO.2Mn/c2*1-16(2)11-12(17(3)4)14(19(7)8)15(20(9)10)13(11)18(5)6;6*1-2;;/h2*1-10H3;;;;;;;;/q2*-1;;;;;;;;. The van der Waals surface area contributed by atoms with Crippen molar-refractivity contribution in [2.75, 3.05) is 133 Å². The number of rotatable bonds is 10. The Kier molecular flexibility index (Phi) is 57.8. The van der Waals surface area contributed by atoms with Crippen molar-refractivity contribution in [2.24, 2.45) is 0 Å². The van der Waals surface area contributed by atoms with E-state index in [2.05, 4.69) is 173 Å². The fourth-order valence-corrected chi connectivity index (χ4v) is 28.9. The quantitative estimate of drug-likeness (QED) is 0.116. The topological polar surface area (TPSA) is 119 Å². The number of hydrogen-bond donors (Lipinski definition) is 0. The molecule has 0 fully saturated rings. The van der Waals surface area contributed by atoms with Crippen molar-refractivity contribution in [3.8, 4) is 0 Å². The zero-order valence-electron chi connectivity index (χ0n) is 35.7. The van der Waals surface area contributed by atoms with Gasteiger partial charge >= 0.3 is 67.8 Å². The van der Waals surface area contributed by atoms with Crippen LogP contribution in [0.2, 0.25) is 0 Å². The molecule has 2 radical (unpaired) electrons. The van der Waals surface area contributed by atoms with E-state index in [0.29, 0.717) is 0 Å². The molecule has 0 atom stereocenters. The molecule has 0 saturated heterocycles. The first-order valence-corrected chi connectivity index (χ1v) is 37.3. The first-order valence-electron chi connectivity index (χ1n) is 14.9. The third kappa shape index (κ3) is 22.9. The summed E-state index contributed by atoms with van der Waals surface area (Å²) in [5.74, 6) is 0. The van der Waals surface area contributed by atoms with Gasteiger partial charge in [0, 0.05) is 34.1 Å². The largest absolute Gasteiger partial charge is 0 e. The molecule has 306 valence electrons. The third-order valence-electron chi connectivity index (χ3n) is 6.72. The Morgan fingerprint density at radius 3 is 0.426 bits per heavy atom. The third-order valence-corrected chi connectivity index (χ3v) is 21.9. The molecule has 6 nitrogen and oxygen atoms in total. The van der Waals surface area contributed by atoms with Gasteiger partial charge in [-0.15, -0.1) is 79.4 Å². The van der Waals surface area contributed by atoms with Gasteiger partial charge in [-0.2, -0.15) is 52.9 Å². The van der Waals surface area contributed by atoms with Gasteiger partial charge in [-0.3, -0.25) is 0 Å². The van der Waals surface area contributed by atoms with Crippen LogP contribution in [0.4, 0.5) is 0 Å². The summed E-state index contributed by atoms with van der Waals surface area (Å²) in [5, 5.41) is 18.1. The van der Waals surface area contributed by atoms with Crippen LogP contribution in [0.3, 0.4) is 0 Å². The van der Waals surface area contributed by atoms with Gasteiger partial charge < -0.3 is 0 Å². The fourth-order valence-electron chi connectivity index (χ4n) is 5.36. The maximum absolute atomic E-state index is 7.50.